The first-order valence-corrected chi connectivity index (χ1v) is 4.32. The molecule has 1 rings (SSSR count). The Balaban J connectivity index is 2.36. The van der Waals surface area contributed by atoms with Crippen molar-refractivity contribution in [1.29, 1.82) is 0 Å². The maximum atomic E-state index is 2.23. The Labute approximate surface area is 69.3 Å². The molecule has 0 fully saturated rings. The highest BCUT2D eigenvalue weighted by Crippen LogP contribution is 2.04. The zero-order valence-corrected chi connectivity index (χ0v) is 6.87. The van der Waals surface area contributed by atoms with Crippen LogP contribution in [0.25, 0.3) is 0 Å². The molecule has 0 nitrogen and oxygen atoms in total. The lowest BCUT2D eigenvalue weighted by molar-refractivity contribution is 0.747. The minimum Gasteiger partial charge on any atom is -0.0845 e. The van der Waals surface area contributed by atoms with Crippen molar-refractivity contribution in [3.8, 4) is 0 Å². The molecule has 0 N–H and O–H groups in total. The Morgan fingerprint density at radius 3 is 2.36 bits per heavy atom. The molecule has 0 atom stereocenters. The second-order valence-electron chi connectivity index (χ2n) is 2.72. The molecule has 0 aromatic carbocycles. The van der Waals surface area contributed by atoms with Crippen LogP contribution in [0.1, 0.15) is 25.7 Å². The topological polar surface area (TPSA) is 0 Å². The summed E-state index contributed by atoms with van der Waals surface area (Å²) >= 11 is 0. The van der Waals surface area contributed by atoms with Crippen LogP contribution in [-0.2, 0) is 0 Å². The van der Waals surface area contributed by atoms with E-state index in [1.807, 2.05) is 0 Å². The van der Waals surface area contributed by atoms with Crippen LogP contribution in [0.3, 0.4) is 0 Å². The molecule has 59 valence electrons. The van der Waals surface area contributed by atoms with Gasteiger partial charge in [-0.25, -0.2) is 0 Å². The molecule has 0 aromatic rings. The fourth-order valence-corrected chi connectivity index (χ4v) is 1.07. The maximum Gasteiger partial charge on any atom is -0.0167 e. The van der Waals surface area contributed by atoms with E-state index in [1.54, 1.807) is 0 Å². The first-order chi connectivity index (χ1) is 5.50. The molecule has 11 heavy (non-hydrogen) atoms. The number of hydrogen-bond donors (Lipinski definition) is 0. The van der Waals surface area contributed by atoms with Gasteiger partial charge in [-0.3, -0.25) is 0 Å². The first-order valence-electron chi connectivity index (χ1n) is 4.32. The van der Waals surface area contributed by atoms with Gasteiger partial charge in [-0.15, -0.1) is 0 Å². The third-order valence-corrected chi connectivity index (χ3v) is 1.71. The van der Waals surface area contributed by atoms with Gasteiger partial charge in [-0.2, -0.15) is 0 Å². The van der Waals surface area contributed by atoms with Gasteiger partial charge in [0.2, 0.25) is 0 Å². The SMILES string of the molecule is [CH]1/C=C/C=C\C=C/CCCC1. The van der Waals surface area contributed by atoms with E-state index in [4.69, 9.17) is 0 Å². The van der Waals surface area contributed by atoms with Gasteiger partial charge in [0, 0.05) is 0 Å². The van der Waals surface area contributed by atoms with E-state index in [-0.39, 0.29) is 0 Å². The van der Waals surface area contributed by atoms with E-state index >= 15 is 0 Å². The van der Waals surface area contributed by atoms with Crippen molar-refractivity contribution in [3.63, 3.8) is 0 Å². The smallest absolute Gasteiger partial charge is 0.0167 e. The molecule has 0 bridgehead atoms. The van der Waals surface area contributed by atoms with Gasteiger partial charge in [-0.05, 0) is 25.7 Å². The summed E-state index contributed by atoms with van der Waals surface area (Å²) in [7, 11) is 0. The number of allylic oxidation sites excluding steroid dienone is 6. The summed E-state index contributed by atoms with van der Waals surface area (Å²) in [6.07, 6.45) is 20.0. The summed E-state index contributed by atoms with van der Waals surface area (Å²) in [5.41, 5.74) is 0. The monoisotopic (exact) mass is 147 g/mol. The Morgan fingerprint density at radius 1 is 0.636 bits per heavy atom. The number of rotatable bonds is 0. The van der Waals surface area contributed by atoms with E-state index in [0.29, 0.717) is 0 Å². The van der Waals surface area contributed by atoms with E-state index in [2.05, 4.69) is 42.9 Å². The highest BCUT2D eigenvalue weighted by Gasteiger charge is 1.85. The molecule has 0 heteroatoms. The third-order valence-electron chi connectivity index (χ3n) is 1.71. The van der Waals surface area contributed by atoms with Gasteiger partial charge < -0.3 is 0 Å². The second kappa shape index (κ2) is 5.96. The molecular weight excluding hydrogens is 132 g/mol. The van der Waals surface area contributed by atoms with E-state index < -0.39 is 0 Å². The highest BCUT2D eigenvalue weighted by atomic mass is 13.9. The van der Waals surface area contributed by atoms with Gasteiger partial charge in [-0.1, -0.05) is 42.9 Å². The van der Waals surface area contributed by atoms with Crippen LogP contribution in [0, 0.1) is 6.42 Å². The summed E-state index contributed by atoms with van der Waals surface area (Å²) in [6, 6.07) is 0. The van der Waals surface area contributed by atoms with Gasteiger partial charge >= 0.3 is 0 Å². The van der Waals surface area contributed by atoms with Crippen molar-refractivity contribution in [2.75, 3.05) is 0 Å². The van der Waals surface area contributed by atoms with E-state index in [9.17, 15) is 0 Å². The first kappa shape index (κ1) is 8.32. The van der Waals surface area contributed by atoms with Crippen molar-refractivity contribution >= 4 is 0 Å². The summed E-state index contributed by atoms with van der Waals surface area (Å²) in [4.78, 5) is 0. The molecule has 0 unspecified atom stereocenters. The van der Waals surface area contributed by atoms with E-state index in [0.717, 1.165) is 0 Å². The van der Waals surface area contributed by atoms with Gasteiger partial charge in [0.05, 0.1) is 0 Å². The van der Waals surface area contributed by atoms with E-state index in [1.165, 1.54) is 25.7 Å². The lowest BCUT2D eigenvalue weighted by atomic mass is 10.1. The van der Waals surface area contributed by atoms with Crippen LogP contribution < -0.4 is 0 Å². The minimum absolute atomic E-state index is 1.22. The molecule has 0 aliphatic heterocycles. The minimum atomic E-state index is 1.22. The summed E-state index contributed by atoms with van der Waals surface area (Å²) in [5, 5.41) is 0. The normalized spacial score (nSPS) is 28.4. The van der Waals surface area contributed by atoms with Crippen LogP contribution in [-0.4, -0.2) is 0 Å². The Morgan fingerprint density at radius 2 is 1.36 bits per heavy atom. The van der Waals surface area contributed by atoms with Crippen molar-refractivity contribution in [2.24, 2.45) is 0 Å². The van der Waals surface area contributed by atoms with Crippen molar-refractivity contribution < 1.29 is 0 Å². The van der Waals surface area contributed by atoms with Crippen molar-refractivity contribution in [1.82, 2.24) is 0 Å². The maximum absolute atomic E-state index is 2.23. The molecule has 0 amide bonds. The summed E-state index contributed by atoms with van der Waals surface area (Å²) < 4.78 is 0. The standard InChI is InChI=1S/C11H15/c1-2-4-6-8-10-11-9-7-5-3-1/h1-7H,8-11H2/b2-1-,5-3+,6-4-. The molecule has 1 radical (unpaired) electrons. The number of hydrogen-bond acceptors (Lipinski definition) is 0. The Kier molecular flexibility index (Phi) is 4.51. The van der Waals surface area contributed by atoms with Gasteiger partial charge in [0.25, 0.3) is 0 Å². The van der Waals surface area contributed by atoms with Gasteiger partial charge in [0.1, 0.15) is 0 Å². The molecule has 0 spiro atoms. The Bertz CT molecular complexity index is 143. The zero-order chi connectivity index (χ0) is 7.78. The molecule has 1 aliphatic carbocycles. The predicted octanol–water partition coefficient (Wildman–Crippen LogP) is 3.43. The molecule has 0 saturated carbocycles. The van der Waals surface area contributed by atoms with Crippen LogP contribution >= 0.6 is 0 Å². The van der Waals surface area contributed by atoms with Crippen molar-refractivity contribution in [3.05, 3.63) is 42.9 Å². The summed E-state index contributed by atoms with van der Waals surface area (Å²) in [5.74, 6) is 0. The summed E-state index contributed by atoms with van der Waals surface area (Å²) in [6.45, 7) is 0. The second-order valence-corrected chi connectivity index (χ2v) is 2.72. The lowest BCUT2D eigenvalue weighted by Crippen LogP contribution is -1.74. The molecule has 0 saturated heterocycles. The highest BCUT2D eigenvalue weighted by molar-refractivity contribution is 5.13. The van der Waals surface area contributed by atoms with Gasteiger partial charge in [0.15, 0.2) is 0 Å². The third kappa shape index (κ3) is 4.60. The molecule has 1 aliphatic rings. The fourth-order valence-electron chi connectivity index (χ4n) is 1.07. The van der Waals surface area contributed by atoms with Crippen LogP contribution in [0.4, 0.5) is 0 Å². The van der Waals surface area contributed by atoms with Crippen molar-refractivity contribution in [2.45, 2.75) is 25.7 Å². The quantitative estimate of drug-likeness (QED) is 0.492. The average Bonchev–Trinajstić information content (AvgIpc) is 2.08. The lowest BCUT2D eigenvalue weighted by Gasteiger charge is -1.92. The predicted molar refractivity (Wildman–Crippen MR) is 50.2 cm³/mol. The van der Waals surface area contributed by atoms with Crippen LogP contribution in [0.15, 0.2) is 36.5 Å². The molecular formula is C11H15. The zero-order valence-electron chi connectivity index (χ0n) is 6.87. The molecule has 0 aromatic heterocycles. The van der Waals surface area contributed by atoms with Crippen LogP contribution in [0.5, 0.6) is 0 Å². The fraction of sp³-hybridized carbons (Fsp3) is 0.364. The average molecular weight is 147 g/mol. The Hall–Kier alpha value is -0.780. The molecule has 0 heterocycles. The largest absolute Gasteiger partial charge is 0.0845 e. The van der Waals surface area contributed by atoms with Crippen LogP contribution in [0.2, 0.25) is 0 Å².